The van der Waals surface area contributed by atoms with Crippen molar-refractivity contribution in [3.8, 4) is 17.2 Å². The molecule has 0 aromatic heterocycles. The van der Waals surface area contributed by atoms with E-state index in [4.69, 9.17) is 9.47 Å². The Balaban J connectivity index is 1.50. The minimum atomic E-state index is -0.744. The highest BCUT2D eigenvalue weighted by atomic mass is 16.5. The fourth-order valence-electron chi connectivity index (χ4n) is 6.89. The number of aromatic hydroxyl groups is 1. The summed E-state index contributed by atoms with van der Waals surface area (Å²) in [5, 5.41) is 10.3. The molecule has 4 atom stereocenters. The fourth-order valence-corrected chi connectivity index (χ4v) is 6.89. The van der Waals surface area contributed by atoms with Crippen LogP contribution in [0.4, 0.5) is 0 Å². The smallest absolute Gasteiger partial charge is 0.234 e. The van der Waals surface area contributed by atoms with Gasteiger partial charge in [0.15, 0.2) is 11.6 Å². The molecule has 0 radical (unpaired) electrons. The molecule has 1 aliphatic heterocycles. The first kappa shape index (κ1) is 25.8. The molecule has 2 aromatic carbocycles. The van der Waals surface area contributed by atoms with Gasteiger partial charge in [-0.05, 0) is 37.3 Å². The van der Waals surface area contributed by atoms with E-state index in [0.29, 0.717) is 40.2 Å². The number of nitrogens with zero attached hydrogens (tertiary/aromatic N) is 1. The van der Waals surface area contributed by atoms with Crippen molar-refractivity contribution >= 4 is 23.4 Å². The van der Waals surface area contributed by atoms with Crippen LogP contribution in [0.3, 0.4) is 0 Å². The normalized spacial score (nSPS) is 25.7. The van der Waals surface area contributed by atoms with Crippen LogP contribution in [0.1, 0.15) is 36.8 Å². The van der Waals surface area contributed by atoms with Crippen molar-refractivity contribution in [2.24, 2.45) is 17.8 Å². The first-order chi connectivity index (χ1) is 19.2. The van der Waals surface area contributed by atoms with Crippen molar-refractivity contribution in [2.75, 3.05) is 14.2 Å². The number of phenols is 1. The number of rotatable bonds is 5. The SMILES string of the molecule is COc1cc(O)cc(OC)c1C1C2=CCC3C(=O)N(Cc4ccccc4)C(=O)C3C2CC2=C1C(=O)C(C)=CC2=O. The molecule has 40 heavy (non-hydrogen) atoms. The summed E-state index contributed by atoms with van der Waals surface area (Å²) in [7, 11) is 2.91. The predicted molar refractivity (Wildman–Crippen MR) is 145 cm³/mol. The van der Waals surface area contributed by atoms with Gasteiger partial charge in [-0.25, -0.2) is 0 Å². The van der Waals surface area contributed by atoms with E-state index in [9.17, 15) is 24.3 Å². The number of methoxy groups -OCH3 is 2. The van der Waals surface area contributed by atoms with Gasteiger partial charge in [-0.2, -0.15) is 0 Å². The summed E-state index contributed by atoms with van der Waals surface area (Å²) in [4.78, 5) is 55.8. The average molecular weight is 540 g/mol. The Hall–Kier alpha value is -4.46. The number of imide groups is 1. The second-order valence-electron chi connectivity index (χ2n) is 10.7. The molecule has 2 amide bonds. The van der Waals surface area contributed by atoms with Crippen molar-refractivity contribution in [1.82, 2.24) is 4.90 Å². The first-order valence-electron chi connectivity index (χ1n) is 13.3. The van der Waals surface area contributed by atoms with E-state index in [1.807, 2.05) is 36.4 Å². The number of carbonyl (C=O) groups is 4. The van der Waals surface area contributed by atoms with E-state index in [2.05, 4.69) is 0 Å². The van der Waals surface area contributed by atoms with Gasteiger partial charge in [-0.15, -0.1) is 0 Å². The Labute approximate surface area is 231 Å². The molecule has 1 saturated heterocycles. The first-order valence-corrected chi connectivity index (χ1v) is 13.3. The maximum absolute atomic E-state index is 13.9. The Morgan fingerprint density at radius 3 is 2.27 bits per heavy atom. The van der Waals surface area contributed by atoms with E-state index >= 15 is 0 Å². The van der Waals surface area contributed by atoms with Crippen LogP contribution in [-0.4, -0.2) is 47.6 Å². The summed E-state index contributed by atoms with van der Waals surface area (Å²) in [5.74, 6) is -2.89. The largest absolute Gasteiger partial charge is 0.508 e. The quantitative estimate of drug-likeness (QED) is 0.347. The zero-order valence-electron chi connectivity index (χ0n) is 22.5. The molecule has 2 aromatic rings. The van der Waals surface area contributed by atoms with Crippen LogP contribution in [0.5, 0.6) is 17.2 Å². The van der Waals surface area contributed by atoms with Gasteiger partial charge in [0.25, 0.3) is 0 Å². The van der Waals surface area contributed by atoms with Crippen LogP contribution in [0, 0.1) is 17.8 Å². The number of amides is 2. The number of Topliss-reactive ketones (excluding diaryl/α,β-unsaturated/α-hetero) is 1. The van der Waals surface area contributed by atoms with Gasteiger partial charge >= 0.3 is 0 Å². The number of fused-ring (bicyclic) bond motifs is 3. The lowest BCUT2D eigenvalue weighted by atomic mass is 9.59. The fraction of sp³-hybridized carbons (Fsp3) is 0.312. The van der Waals surface area contributed by atoms with Crippen molar-refractivity contribution in [3.05, 3.63) is 88.0 Å². The summed E-state index contributed by atoms with van der Waals surface area (Å²) in [6.07, 6.45) is 3.83. The molecular formula is C32H29NO7. The maximum atomic E-state index is 13.9. The lowest BCUT2D eigenvalue weighted by Gasteiger charge is -2.42. The second kappa shape index (κ2) is 9.62. The number of hydrogen-bond acceptors (Lipinski definition) is 7. The Bertz CT molecular complexity index is 1540. The summed E-state index contributed by atoms with van der Waals surface area (Å²) >= 11 is 0. The Kier molecular flexibility index (Phi) is 6.21. The monoisotopic (exact) mass is 539 g/mol. The van der Waals surface area contributed by atoms with E-state index in [1.54, 1.807) is 6.92 Å². The van der Waals surface area contributed by atoms with Crippen molar-refractivity contribution in [3.63, 3.8) is 0 Å². The summed E-state index contributed by atoms with van der Waals surface area (Å²) in [6, 6.07) is 12.3. The molecule has 204 valence electrons. The number of ketones is 2. The minimum Gasteiger partial charge on any atom is -0.508 e. The third kappa shape index (κ3) is 3.81. The van der Waals surface area contributed by atoms with Crippen LogP contribution in [0.25, 0.3) is 0 Å². The molecular weight excluding hydrogens is 510 g/mol. The van der Waals surface area contributed by atoms with Crippen LogP contribution >= 0.6 is 0 Å². The molecule has 8 heteroatoms. The third-order valence-corrected chi connectivity index (χ3v) is 8.66. The molecule has 1 heterocycles. The number of phenolic OH excluding ortho intramolecular Hbond substituents is 1. The number of hydrogen-bond donors (Lipinski definition) is 1. The molecule has 4 unspecified atom stereocenters. The number of carbonyl (C=O) groups excluding carboxylic acids is 4. The minimum absolute atomic E-state index is 0.0769. The number of allylic oxidation sites excluding steroid dienone is 6. The predicted octanol–water partition coefficient (Wildman–Crippen LogP) is 4.04. The molecule has 1 N–H and O–H groups in total. The molecule has 1 fully saturated rings. The molecule has 0 spiro atoms. The molecule has 6 rings (SSSR count). The van der Waals surface area contributed by atoms with Crippen LogP contribution < -0.4 is 9.47 Å². The summed E-state index contributed by atoms with van der Waals surface area (Å²) < 4.78 is 11.3. The van der Waals surface area contributed by atoms with Gasteiger partial charge in [0.05, 0.1) is 32.6 Å². The molecule has 3 aliphatic carbocycles. The van der Waals surface area contributed by atoms with Gasteiger partial charge in [0.1, 0.15) is 17.2 Å². The highest BCUT2D eigenvalue weighted by Crippen LogP contribution is 2.58. The van der Waals surface area contributed by atoms with Crippen LogP contribution in [-0.2, 0) is 25.7 Å². The van der Waals surface area contributed by atoms with E-state index in [1.165, 1.54) is 37.3 Å². The van der Waals surface area contributed by atoms with Gasteiger partial charge in [-0.3, -0.25) is 24.1 Å². The summed E-state index contributed by atoms with van der Waals surface area (Å²) in [5.41, 5.74) is 3.17. The number of ether oxygens (including phenoxy) is 2. The van der Waals surface area contributed by atoms with Gasteiger partial charge in [0.2, 0.25) is 11.8 Å². The van der Waals surface area contributed by atoms with Crippen LogP contribution in [0.15, 0.2) is 76.9 Å². The highest BCUT2D eigenvalue weighted by molar-refractivity contribution is 6.24. The molecule has 4 aliphatic rings. The number of benzene rings is 2. The standard InChI is InChI=1S/C32H29NO7/c1-16-11-23(35)22-14-21-19(27(28(22)30(16)36)29-24(39-2)12-18(34)13-25(29)40-3)9-10-20-26(21)32(38)33(31(20)37)15-17-7-5-4-6-8-17/h4-9,11-13,20-21,26-27,34H,10,14-15H2,1-3H3. The topological polar surface area (TPSA) is 110 Å². The zero-order chi connectivity index (χ0) is 28.3. The van der Waals surface area contributed by atoms with Crippen molar-refractivity contribution in [1.29, 1.82) is 0 Å². The van der Waals surface area contributed by atoms with E-state index in [-0.39, 0.29) is 42.1 Å². The van der Waals surface area contributed by atoms with Crippen LogP contribution in [0.2, 0.25) is 0 Å². The third-order valence-electron chi connectivity index (χ3n) is 8.66. The van der Waals surface area contributed by atoms with E-state index < -0.39 is 23.7 Å². The Morgan fingerprint density at radius 2 is 1.62 bits per heavy atom. The Morgan fingerprint density at radius 1 is 0.950 bits per heavy atom. The average Bonchev–Trinajstić information content (AvgIpc) is 3.20. The van der Waals surface area contributed by atoms with Crippen molar-refractivity contribution in [2.45, 2.75) is 32.2 Å². The molecule has 0 saturated carbocycles. The lowest BCUT2D eigenvalue weighted by Crippen LogP contribution is -2.40. The second-order valence-corrected chi connectivity index (χ2v) is 10.7. The van der Waals surface area contributed by atoms with Gasteiger partial charge in [-0.1, -0.05) is 42.0 Å². The molecule has 0 bridgehead atoms. The lowest BCUT2D eigenvalue weighted by molar-refractivity contribution is -0.140. The van der Waals surface area contributed by atoms with Gasteiger partial charge in [0, 0.05) is 40.3 Å². The zero-order valence-corrected chi connectivity index (χ0v) is 22.5. The van der Waals surface area contributed by atoms with Crippen molar-refractivity contribution < 1.29 is 33.8 Å². The highest BCUT2D eigenvalue weighted by Gasteiger charge is 2.56. The number of likely N-dealkylation sites (tertiary alicyclic amines) is 1. The summed E-state index contributed by atoms with van der Waals surface area (Å²) in [6.45, 7) is 1.80. The van der Waals surface area contributed by atoms with Gasteiger partial charge < -0.3 is 14.6 Å². The maximum Gasteiger partial charge on any atom is 0.234 e. The van der Waals surface area contributed by atoms with E-state index in [0.717, 1.165) is 11.1 Å². The molecule has 8 nitrogen and oxygen atoms in total.